The first-order valence-corrected chi connectivity index (χ1v) is 11.1. The second-order valence-electron chi connectivity index (χ2n) is 9.38. The monoisotopic (exact) mass is 437 g/mol. The fourth-order valence-corrected chi connectivity index (χ4v) is 3.96. The smallest absolute Gasteiger partial charge is 0.399 e. The number of rotatable bonds is 4. The van der Waals surface area contributed by atoms with Gasteiger partial charge in [-0.3, -0.25) is 0 Å². The van der Waals surface area contributed by atoms with E-state index in [0.29, 0.717) is 5.56 Å². The Morgan fingerprint density at radius 2 is 1.06 bits per heavy atom. The van der Waals surface area contributed by atoms with E-state index in [1.165, 1.54) is 0 Å². The molecule has 1 heterocycles. The van der Waals surface area contributed by atoms with Gasteiger partial charge >= 0.3 is 7.12 Å². The molecule has 2 nitrogen and oxygen atoms in total. The van der Waals surface area contributed by atoms with Crippen molar-refractivity contribution >= 4 is 12.6 Å². The minimum Gasteiger partial charge on any atom is -0.399 e. The van der Waals surface area contributed by atoms with Crippen LogP contribution in [-0.4, -0.2) is 18.3 Å². The molecule has 164 valence electrons. The summed E-state index contributed by atoms with van der Waals surface area (Å²) in [6.07, 6.45) is 0. The van der Waals surface area contributed by atoms with E-state index >= 15 is 0 Å². The van der Waals surface area contributed by atoms with Gasteiger partial charge in [-0.1, -0.05) is 96.9 Å². The molecular formula is C30H29BO2. The van der Waals surface area contributed by atoms with Crippen molar-refractivity contribution in [2.24, 2.45) is 0 Å². The summed E-state index contributed by atoms with van der Waals surface area (Å²) in [5, 5.41) is 0. The second-order valence-corrected chi connectivity index (χ2v) is 9.38. The molecule has 1 fully saturated rings. The predicted molar refractivity (Wildman–Crippen MR) is 138 cm³/mol. The molecule has 1 saturated heterocycles. The third-order valence-electron chi connectivity index (χ3n) is 6.59. The number of hydrogen-bond donors (Lipinski definition) is 0. The molecule has 0 spiro atoms. The highest BCUT2D eigenvalue weighted by Gasteiger charge is 2.51. The Bertz CT molecular complexity index is 1470. The number of hydrogen-bond acceptors (Lipinski definition) is 2. The van der Waals surface area contributed by atoms with E-state index in [1.54, 1.807) is 6.07 Å². The summed E-state index contributed by atoms with van der Waals surface area (Å²) in [7, 11) is -0.674. The van der Waals surface area contributed by atoms with Gasteiger partial charge in [0.1, 0.15) is 0 Å². The summed E-state index contributed by atoms with van der Waals surface area (Å²) < 4.78 is 54.1. The molecule has 5 rings (SSSR count). The molecule has 4 aromatic carbocycles. The maximum Gasteiger partial charge on any atom is 0.494 e. The summed E-state index contributed by atoms with van der Waals surface area (Å²) >= 11 is 0. The Labute approximate surface area is 204 Å². The van der Waals surface area contributed by atoms with Crippen molar-refractivity contribution in [2.75, 3.05) is 0 Å². The SMILES string of the molecule is [2H]c1c([2H])c([2H])c(-c2cc(B3OC(C)(C)C(C)(C)O3)cc(-c3ccc(-c4ccccc4)cc3)c2)c([2H])c1[2H]. The maximum atomic E-state index is 8.54. The topological polar surface area (TPSA) is 18.5 Å². The standard InChI is InChI=1S/C30H29BO2/c1-29(2)30(3,4)33-31(32-29)28-20-26(23-13-9-6-10-14-23)19-27(21-28)25-17-15-24(16-18-25)22-11-7-5-8-12-22/h5-21H,1-4H3/i6D,9D,10D,13D,14D. The van der Waals surface area contributed by atoms with E-state index in [9.17, 15) is 0 Å². The van der Waals surface area contributed by atoms with Crippen LogP contribution in [0.1, 0.15) is 34.5 Å². The second kappa shape index (κ2) is 8.33. The van der Waals surface area contributed by atoms with Crippen molar-refractivity contribution in [1.29, 1.82) is 0 Å². The Hall–Kier alpha value is -3.14. The van der Waals surface area contributed by atoms with Gasteiger partial charge in [0.05, 0.1) is 18.1 Å². The first kappa shape index (κ1) is 16.5. The number of benzene rings is 4. The average molecular weight is 437 g/mol. The zero-order chi connectivity index (χ0) is 27.4. The first-order chi connectivity index (χ1) is 17.9. The highest BCUT2D eigenvalue weighted by atomic mass is 16.7. The molecule has 0 unspecified atom stereocenters. The summed E-state index contributed by atoms with van der Waals surface area (Å²) in [4.78, 5) is 0. The van der Waals surface area contributed by atoms with E-state index in [-0.39, 0.29) is 29.7 Å². The lowest BCUT2D eigenvalue weighted by molar-refractivity contribution is 0.00578. The van der Waals surface area contributed by atoms with Gasteiger partial charge in [0.25, 0.3) is 0 Å². The van der Waals surface area contributed by atoms with E-state index in [1.807, 2.05) is 70.2 Å². The van der Waals surface area contributed by atoms with Gasteiger partial charge in [-0.25, -0.2) is 0 Å². The Morgan fingerprint density at radius 1 is 0.576 bits per heavy atom. The minimum atomic E-state index is -0.674. The Morgan fingerprint density at radius 3 is 1.64 bits per heavy atom. The fraction of sp³-hybridized carbons (Fsp3) is 0.200. The summed E-state index contributed by atoms with van der Waals surface area (Å²) in [6.45, 7) is 7.93. The van der Waals surface area contributed by atoms with Crippen LogP contribution in [0.15, 0.2) is 103 Å². The molecule has 4 aromatic rings. The Balaban J connectivity index is 1.67. The average Bonchev–Trinajstić information content (AvgIpc) is 3.13. The van der Waals surface area contributed by atoms with Crippen molar-refractivity contribution < 1.29 is 16.2 Å². The molecular weight excluding hydrogens is 403 g/mol. The fourth-order valence-electron chi connectivity index (χ4n) is 3.96. The van der Waals surface area contributed by atoms with Crippen LogP contribution in [0.5, 0.6) is 0 Å². The third-order valence-corrected chi connectivity index (χ3v) is 6.59. The van der Waals surface area contributed by atoms with Crippen LogP contribution >= 0.6 is 0 Å². The minimum absolute atomic E-state index is 0.150. The normalized spacial score (nSPS) is 18.8. The molecule has 0 aliphatic carbocycles. The van der Waals surface area contributed by atoms with E-state index in [2.05, 4.69) is 24.3 Å². The van der Waals surface area contributed by atoms with Gasteiger partial charge in [0.2, 0.25) is 0 Å². The Kier molecular flexibility index (Phi) is 4.16. The molecule has 3 heteroatoms. The molecule has 1 aliphatic heterocycles. The largest absolute Gasteiger partial charge is 0.494 e. The van der Waals surface area contributed by atoms with Gasteiger partial charge in [0.15, 0.2) is 0 Å². The van der Waals surface area contributed by atoms with Gasteiger partial charge < -0.3 is 9.31 Å². The van der Waals surface area contributed by atoms with Gasteiger partial charge in [-0.2, -0.15) is 0 Å². The zero-order valence-electron chi connectivity index (χ0n) is 24.3. The summed E-state index contributed by atoms with van der Waals surface area (Å²) in [6, 6.07) is 22.3. The van der Waals surface area contributed by atoms with Crippen LogP contribution < -0.4 is 5.46 Å². The predicted octanol–water partition coefficient (Wildman–Crippen LogP) is 6.99. The molecule has 0 saturated carbocycles. The molecule has 33 heavy (non-hydrogen) atoms. The van der Waals surface area contributed by atoms with Crippen LogP contribution in [0.3, 0.4) is 0 Å². The molecule has 0 N–H and O–H groups in total. The quantitative estimate of drug-likeness (QED) is 0.321. The molecule has 0 radical (unpaired) electrons. The molecule has 0 bridgehead atoms. The van der Waals surface area contributed by atoms with Crippen molar-refractivity contribution in [2.45, 2.75) is 38.9 Å². The molecule has 0 amide bonds. The van der Waals surface area contributed by atoms with Crippen LogP contribution in [0.2, 0.25) is 0 Å². The lowest BCUT2D eigenvalue weighted by Gasteiger charge is -2.32. The van der Waals surface area contributed by atoms with Crippen molar-refractivity contribution in [1.82, 2.24) is 0 Å². The third kappa shape index (κ3) is 4.27. The summed E-state index contributed by atoms with van der Waals surface area (Å²) in [5.74, 6) is 0. The van der Waals surface area contributed by atoms with Crippen molar-refractivity contribution in [3.05, 3.63) is 103 Å². The van der Waals surface area contributed by atoms with Gasteiger partial charge in [-0.15, -0.1) is 0 Å². The zero-order valence-corrected chi connectivity index (χ0v) is 19.3. The molecule has 1 aliphatic rings. The van der Waals surface area contributed by atoms with Crippen LogP contribution in [0, 0.1) is 0 Å². The first-order valence-electron chi connectivity index (χ1n) is 13.6. The summed E-state index contributed by atoms with van der Waals surface area (Å²) in [5.41, 5.74) is 4.23. The molecule has 0 aromatic heterocycles. The van der Waals surface area contributed by atoms with E-state index < -0.39 is 24.4 Å². The van der Waals surface area contributed by atoms with Crippen molar-refractivity contribution in [3.8, 4) is 33.4 Å². The van der Waals surface area contributed by atoms with Gasteiger partial charge in [-0.05, 0) is 72.6 Å². The lowest BCUT2D eigenvalue weighted by atomic mass is 9.76. The van der Waals surface area contributed by atoms with Crippen LogP contribution in [-0.2, 0) is 9.31 Å². The van der Waals surface area contributed by atoms with Crippen LogP contribution in [0.4, 0.5) is 0 Å². The maximum absolute atomic E-state index is 8.54. The van der Waals surface area contributed by atoms with E-state index in [4.69, 9.17) is 16.2 Å². The van der Waals surface area contributed by atoms with Crippen molar-refractivity contribution in [3.63, 3.8) is 0 Å². The lowest BCUT2D eigenvalue weighted by Crippen LogP contribution is -2.41. The molecule has 0 atom stereocenters. The van der Waals surface area contributed by atoms with E-state index in [0.717, 1.165) is 27.7 Å². The van der Waals surface area contributed by atoms with Gasteiger partial charge in [0, 0.05) is 0 Å². The van der Waals surface area contributed by atoms with Crippen LogP contribution in [0.25, 0.3) is 33.4 Å². The highest BCUT2D eigenvalue weighted by molar-refractivity contribution is 6.62. The highest BCUT2D eigenvalue weighted by Crippen LogP contribution is 2.37.